The minimum absolute atomic E-state index is 0.141. The first-order chi connectivity index (χ1) is 9.60. The molecule has 0 fully saturated rings. The van der Waals surface area contributed by atoms with E-state index in [1.165, 1.54) is 17.2 Å². The van der Waals surface area contributed by atoms with Gasteiger partial charge in [0.2, 0.25) is 0 Å². The minimum Gasteiger partial charge on any atom is -0.316 e. The molecule has 1 N–H and O–H groups in total. The number of likely N-dealkylation sites (N-methyl/N-ethyl adjacent to an activating group) is 1. The highest BCUT2D eigenvalue weighted by Gasteiger charge is 2.12. The van der Waals surface area contributed by atoms with Crippen LogP contribution in [-0.2, 0) is 12.8 Å². The highest BCUT2D eigenvalue weighted by Crippen LogP contribution is 2.19. The molecular weight excluding hydrogens is 317 g/mol. The zero-order valence-electron chi connectivity index (χ0n) is 11.8. The lowest BCUT2D eigenvalue weighted by Gasteiger charge is -2.18. The first-order valence-electron chi connectivity index (χ1n) is 6.76. The Labute approximate surface area is 128 Å². The molecule has 0 amide bonds. The molecule has 1 nitrogen and oxygen atoms in total. The van der Waals surface area contributed by atoms with Crippen molar-refractivity contribution >= 4 is 15.9 Å². The molecule has 0 saturated carbocycles. The van der Waals surface area contributed by atoms with Crippen LogP contribution < -0.4 is 5.32 Å². The van der Waals surface area contributed by atoms with E-state index in [1.807, 2.05) is 19.2 Å². The summed E-state index contributed by atoms with van der Waals surface area (Å²) in [4.78, 5) is 0. The molecular formula is C17H19BrFN. The molecule has 0 aliphatic heterocycles. The van der Waals surface area contributed by atoms with Crippen molar-refractivity contribution in [2.24, 2.45) is 0 Å². The SMILES string of the molecule is CNC(Cc1ccccc1C)Cc1cc(Br)ccc1F. The van der Waals surface area contributed by atoms with Gasteiger partial charge >= 0.3 is 0 Å². The molecule has 1 unspecified atom stereocenters. The number of aryl methyl sites for hydroxylation is 1. The molecule has 106 valence electrons. The summed E-state index contributed by atoms with van der Waals surface area (Å²) in [6.07, 6.45) is 1.57. The molecule has 20 heavy (non-hydrogen) atoms. The third-order valence-electron chi connectivity index (χ3n) is 3.61. The number of halogens is 2. The van der Waals surface area contributed by atoms with Crippen LogP contribution >= 0.6 is 15.9 Å². The molecule has 2 rings (SSSR count). The van der Waals surface area contributed by atoms with Crippen LogP contribution in [0.4, 0.5) is 4.39 Å². The number of hydrogen-bond acceptors (Lipinski definition) is 1. The van der Waals surface area contributed by atoms with E-state index in [0.717, 1.165) is 16.5 Å². The molecule has 0 bridgehead atoms. The lowest BCUT2D eigenvalue weighted by Crippen LogP contribution is -2.30. The van der Waals surface area contributed by atoms with Crippen molar-refractivity contribution in [3.05, 3.63) is 69.4 Å². The first kappa shape index (κ1) is 15.2. The van der Waals surface area contributed by atoms with Gasteiger partial charge in [-0.2, -0.15) is 0 Å². The molecule has 0 aliphatic carbocycles. The third-order valence-corrected chi connectivity index (χ3v) is 4.10. The van der Waals surface area contributed by atoms with Crippen LogP contribution in [0.1, 0.15) is 16.7 Å². The predicted octanol–water partition coefficient (Wildman–Crippen LogP) is 4.27. The van der Waals surface area contributed by atoms with Gasteiger partial charge in [-0.1, -0.05) is 40.2 Å². The maximum atomic E-state index is 13.8. The summed E-state index contributed by atoms with van der Waals surface area (Å²) in [7, 11) is 1.93. The maximum absolute atomic E-state index is 13.8. The van der Waals surface area contributed by atoms with Crippen molar-refractivity contribution in [3.63, 3.8) is 0 Å². The molecule has 0 saturated heterocycles. The fourth-order valence-corrected chi connectivity index (χ4v) is 2.75. The summed E-state index contributed by atoms with van der Waals surface area (Å²) < 4.78 is 14.8. The van der Waals surface area contributed by atoms with E-state index in [0.29, 0.717) is 6.42 Å². The number of benzene rings is 2. The van der Waals surface area contributed by atoms with Crippen LogP contribution in [0.15, 0.2) is 46.9 Å². The second-order valence-corrected chi connectivity index (χ2v) is 5.97. The van der Waals surface area contributed by atoms with Gasteiger partial charge in [-0.3, -0.25) is 0 Å². The van der Waals surface area contributed by atoms with Gasteiger partial charge in [0.25, 0.3) is 0 Å². The molecule has 0 heterocycles. The number of rotatable bonds is 5. The lowest BCUT2D eigenvalue weighted by atomic mass is 9.96. The van der Waals surface area contributed by atoms with Gasteiger partial charge in [-0.25, -0.2) is 4.39 Å². The zero-order valence-corrected chi connectivity index (χ0v) is 13.4. The molecule has 0 aromatic heterocycles. The highest BCUT2D eigenvalue weighted by molar-refractivity contribution is 9.10. The predicted molar refractivity (Wildman–Crippen MR) is 85.5 cm³/mol. The van der Waals surface area contributed by atoms with Crippen LogP contribution in [0.25, 0.3) is 0 Å². The van der Waals surface area contributed by atoms with Crippen LogP contribution in [0.3, 0.4) is 0 Å². The Bertz CT molecular complexity index is 583. The average molecular weight is 336 g/mol. The second-order valence-electron chi connectivity index (χ2n) is 5.06. The quantitative estimate of drug-likeness (QED) is 0.860. The largest absolute Gasteiger partial charge is 0.316 e. The molecule has 1 atom stereocenters. The van der Waals surface area contributed by atoms with Gasteiger partial charge in [0.1, 0.15) is 5.82 Å². The van der Waals surface area contributed by atoms with Crippen molar-refractivity contribution in [2.75, 3.05) is 7.05 Å². The first-order valence-corrected chi connectivity index (χ1v) is 7.55. The van der Waals surface area contributed by atoms with E-state index in [1.54, 1.807) is 6.07 Å². The number of nitrogens with one attached hydrogen (secondary N) is 1. The molecule has 0 spiro atoms. The monoisotopic (exact) mass is 335 g/mol. The standard InChI is InChI=1S/C17H19BrFN/c1-12-5-3-4-6-13(12)10-16(20-2)11-14-9-15(18)7-8-17(14)19/h3-9,16,20H,10-11H2,1-2H3. The molecule has 0 aliphatic rings. The van der Waals surface area contributed by atoms with Crippen molar-refractivity contribution < 1.29 is 4.39 Å². The van der Waals surface area contributed by atoms with E-state index in [-0.39, 0.29) is 11.9 Å². The second kappa shape index (κ2) is 7.00. The summed E-state index contributed by atoms with van der Waals surface area (Å²) in [5, 5.41) is 3.29. The Balaban J connectivity index is 2.13. The maximum Gasteiger partial charge on any atom is 0.126 e. The molecule has 0 radical (unpaired) electrons. The molecule has 3 heteroatoms. The Kier molecular flexibility index (Phi) is 5.32. The van der Waals surface area contributed by atoms with Crippen LogP contribution in [0.5, 0.6) is 0 Å². The normalized spacial score (nSPS) is 12.4. The Morgan fingerprint density at radius 3 is 2.50 bits per heavy atom. The minimum atomic E-state index is -0.141. The lowest BCUT2D eigenvalue weighted by molar-refractivity contribution is 0.531. The van der Waals surface area contributed by atoms with Crippen molar-refractivity contribution in [1.29, 1.82) is 0 Å². The smallest absolute Gasteiger partial charge is 0.126 e. The number of hydrogen-bond donors (Lipinski definition) is 1. The van der Waals surface area contributed by atoms with Crippen molar-refractivity contribution in [3.8, 4) is 0 Å². The van der Waals surface area contributed by atoms with Gasteiger partial charge < -0.3 is 5.32 Å². The van der Waals surface area contributed by atoms with E-state index >= 15 is 0 Å². The van der Waals surface area contributed by atoms with E-state index in [2.05, 4.69) is 46.4 Å². The van der Waals surface area contributed by atoms with E-state index < -0.39 is 0 Å². The molecule has 2 aromatic rings. The fourth-order valence-electron chi connectivity index (χ4n) is 2.35. The summed E-state index contributed by atoms with van der Waals surface area (Å²) in [5.74, 6) is -0.141. The van der Waals surface area contributed by atoms with Gasteiger partial charge in [-0.15, -0.1) is 0 Å². The summed E-state index contributed by atoms with van der Waals surface area (Å²) in [6.45, 7) is 2.11. The van der Waals surface area contributed by atoms with Gasteiger partial charge in [0.15, 0.2) is 0 Å². The van der Waals surface area contributed by atoms with Gasteiger partial charge in [0.05, 0.1) is 0 Å². The average Bonchev–Trinajstić information content (AvgIpc) is 2.44. The zero-order chi connectivity index (χ0) is 14.5. The molecule has 2 aromatic carbocycles. The Morgan fingerprint density at radius 2 is 1.80 bits per heavy atom. The Morgan fingerprint density at radius 1 is 1.10 bits per heavy atom. The topological polar surface area (TPSA) is 12.0 Å². The summed E-state index contributed by atoms with van der Waals surface area (Å²) in [5.41, 5.74) is 3.33. The van der Waals surface area contributed by atoms with E-state index in [4.69, 9.17) is 0 Å². The van der Waals surface area contributed by atoms with E-state index in [9.17, 15) is 4.39 Å². The fraction of sp³-hybridized carbons (Fsp3) is 0.294. The summed E-state index contributed by atoms with van der Waals surface area (Å²) >= 11 is 3.40. The van der Waals surface area contributed by atoms with Crippen LogP contribution in [0.2, 0.25) is 0 Å². The highest BCUT2D eigenvalue weighted by atomic mass is 79.9. The Hall–Kier alpha value is -1.19. The van der Waals surface area contributed by atoms with Gasteiger partial charge in [-0.05, 0) is 61.7 Å². The summed E-state index contributed by atoms with van der Waals surface area (Å²) in [6, 6.07) is 13.7. The van der Waals surface area contributed by atoms with Crippen molar-refractivity contribution in [1.82, 2.24) is 5.32 Å². The van der Waals surface area contributed by atoms with Crippen LogP contribution in [-0.4, -0.2) is 13.1 Å². The van der Waals surface area contributed by atoms with Crippen LogP contribution in [0, 0.1) is 12.7 Å². The van der Waals surface area contributed by atoms with Crippen molar-refractivity contribution in [2.45, 2.75) is 25.8 Å². The third kappa shape index (κ3) is 3.90. The van der Waals surface area contributed by atoms with Gasteiger partial charge in [0, 0.05) is 10.5 Å².